The third-order valence-corrected chi connectivity index (χ3v) is 21.4. The molecule has 27 heteroatoms. The number of carboxylic acid groups (broad SMARTS) is 1. The summed E-state index contributed by atoms with van der Waals surface area (Å²) in [6.45, 7) is 8.47. The number of ether oxygens (including phenoxy) is 2. The number of carbonyl (C=O) groups is 2. The zero-order valence-corrected chi connectivity index (χ0v) is 54.4. The van der Waals surface area contributed by atoms with E-state index in [1.807, 2.05) is 53.3 Å². The van der Waals surface area contributed by atoms with Gasteiger partial charge in [0.1, 0.15) is 27.8 Å². The molecule has 0 radical (unpaired) electrons. The van der Waals surface area contributed by atoms with Crippen LogP contribution in [0, 0.1) is 22.7 Å². The number of carboxylic acids is 1. The lowest BCUT2D eigenvalue weighted by atomic mass is 9.57. The second-order valence-corrected chi connectivity index (χ2v) is 28.0. The molecule has 23 nitrogen and oxygen atoms in total. The van der Waals surface area contributed by atoms with E-state index < -0.39 is 24.3 Å². The number of halogens is 2. The highest BCUT2D eigenvalue weighted by Crippen LogP contribution is 2.56. The van der Waals surface area contributed by atoms with E-state index in [-0.39, 0.29) is 53.7 Å². The Morgan fingerprint density at radius 3 is 1.41 bits per heavy atom. The molecular weight excluding hydrogens is 1250 g/mol. The van der Waals surface area contributed by atoms with E-state index >= 15 is 0 Å². The van der Waals surface area contributed by atoms with Crippen molar-refractivity contribution in [2.45, 2.75) is 183 Å². The van der Waals surface area contributed by atoms with E-state index in [9.17, 15) is 29.6 Å². The van der Waals surface area contributed by atoms with Gasteiger partial charge in [-0.2, -0.15) is 20.7 Å². The van der Waals surface area contributed by atoms with E-state index in [4.69, 9.17) is 52.1 Å². The summed E-state index contributed by atoms with van der Waals surface area (Å²) in [5.41, 5.74) is 13.3. The topological polar surface area (TPSA) is 335 Å². The summed E-state index contributed by atoms with van der Waals surface area (Å²) >= 11 is 3.35. The largest absolute Gasteiger partial charge is 0.479 e. The monoisotopic (exact) mass is 1330 g/mol. The summed E-state index contributed by atoms with van der Waals surface area (Å²) in [6, 6.07) is 20.6. The number of nitrogens with two attached hydrogens (primary N) is 1. The van der Waals surface area contributed by atoms with Crippen molar-refractivity contribution in [3.05, 3.63) is 94.5 Å². The molecule has 0 spiro atoms. The molecule has 2 saturated heterocycles. The quantitative estimate of drug-likeness (QED) is 0.0564. The molecule has 16 rings (SSSR count). The number of nitrogens with one attached hydrogen (secondary N) is 3. The van der Waals surface area contributed by atoms with Crippen molar-refractivity contribution in [3.63, 3.8) is 0 Å². The van der Waals surface area contributed by atoms with E-state index in [2.05, 4.69) is 55.5 Å². The lowest BCUT2D eigenvalue weighted by molar-refractivity contribution is -0.154. The first kappa shape index (κ1) is 68.2. The first-order chi connectivity index (χ1) is 44.1. The fourth-order valence-electron chi connectivity index (χ4n) is 13.1. The number of alkyl halides is 1. The average molecular weight is 1330 g/mol. The van der Waals surface area contributed by atoms with Gasteiger partial charge in [0, 0.05) is 84.2 Å². The molecule has 0 aromatic carbocycles. The van der Waals surface area contributed by atoms with Gasteiger partial charge in [0.25, 0.3) is 5.91 Å². The number of amides is 1. The van der Waals surface area contributed by atoms with Crippen LogP contribution in [0.25, 0.3) is 55.0 Å². The number of pyridine rings is 2. The molecule has 6 saturated carbocycles. The Hall–Kier alpha value is -7.66. The summed E-state index contributed by atoms with van der Waals surface area (Å²) in [4.78, 5) is 32.1. The van der Waals surface area contributed by atoms with Crippen LogP contribution >= 0.6 is 35.1 Å². The Balaban J connectivity index is 0.000000191. The van der Waals surface area contributed by atoms with Gasteiger partial charge >= 0.3 is 5.97 Å². The fourth-order valence-corrected chi connectivity index (χ4v) is 15.4. The van der Waals surface area contributed by atoms with Crippen molar-refractivity contribution >= 4 is 69.4 Å². The number of hydrogen-bond acceptors (Lipinski definition) is 21. The second-order valence-electron chi connectivity index (χ2n) is 26.0. The maximum Gasteiger partial charge on any atom is 0.335 e. The van der Waals surface area contributed by atoms with Crippen LogP contribution in [0.4, 0.5) is 15.8 Å². The Kier molecular flexibility index (Phi) is 20.9. The molecule has 6 aliphatic carbocycles. The zero-order valence-electron chi connectivity index (χ0n) is 53.0. The van der Waals surface area contributed by atoms with Crippen LogP contribution in [0.1, 0.15) is 160 Å². The number of fused-ring (bicyclic) bond motifs is 8. The first-order valence-corrected chi connectivity index (χ1v) is 32.5. The molecule has 0 atom stereocenters. The molecule has 8 N–H and O–H groups in total. The van der Waals surface area contributed by atoms with Crippen LogP contribution in [0.5, 0.6) is 0 Å². The molecule has 8 aliphatic rings. The van der Waals surface area contributed by atoms with Crippen LogP contribution < -0.4 is 21.7 Å². The number of anilines is 2. The number of hydrogen-bond donors (Lipinski definition) is 7. The molecule has 1 amide bonds. The number of carbonyl (C=O) groups excluding carboxylic acids is 1. The molecule has 8 aromatic heterocycles. The number of aromatic nitrogens is 10. The highest BCUT2D eigenvalue weighted by atomic mass is 35.5. The van der Waals surface area contributed by atoms with E-state index in [0.717, 1.165) is 206 Å². The number of aliphatic hydroxyl groups is 2. The summed E-state index contributed by atoms with van der Waals surface area (Å²) < 4.78 is 30.3. The van der Waals surface area contributed by atoms with Gasteiger partial charge in [-0.1, -0.05) is 30.1 Å². The Morgan fingerprint density at radius 1 is 0.656 bits per heavy atom. The van der Waals surface area contributed by atoms with Gasteiger partial charge in [0.05, 0.1) is 77.0 Å². The summed E-state index contributed by atoms with van der Waals surface area (Å²) in [6.07, 6.45) is 22.6. The number of aliphatic carboxylic acids is 1. The molecular formula is C66H82ClFN16O7S2. The molecule has 0 unspecified atom stereocenters. The van der Waals surface area contributed by atoms with E-state index in [1.165, 1.54) is 27.7 Å². The normalized spacial score (nSPS) is 22.8. The van der Waals surface area contributed by atoms with Gasteiger partial charge in [-0.3, -0.25) is 19.2 Å². The Bertz CT molecular complexity index is 4020. The number of nitrogens with zero attached hydrogens (tertiary/aromatic N) is 12. The SMILES string of the molecule is C.CC(C)(O)C(=O)NC12CCC(c3nnc(-c4cnc(-c5ccc6cc(C#N)cnn56)cc4NC4CCOCC4)s3)(CC1)CC2.CC(C)(O)C(=O)O.Cl.N#Cc1cnn2c(-c3cc(NC4CCOCC4)c(-c4nnc(C56CCC(N)(CC5)CC6)s4)cn3)ccc2c1.[2H]CF. The highest BCUT2D eigenvalue weighted by molar-refractivity contribution is 7.15. The number of nitriles is 2. The second kappa shape index (κ2) is 28.5. The number of rotatable bonds is 13. The standard InChI is InChI=1S/C32H36N8O3S.C28H30N8OS.C4H8O3.CH3F.CH4.ClH/c1-30(2,42)28(41)37-32-10-7-31(8-11-32,9-12-32)29-39-38-27(44-29)23-19-34-25(16-24(23)36-21-5-13-43-14-6-21)26-4-3-22-15-20(17-33)18-35-40(22)26;29-15-18-13-20-1-2-24(36(20)32-16-18)23-14-22(33-19-3-11-37-12-4-19)21(17-31-23)25-34-35-26(38-25)27-5-8-28(30,9-6-27)10-7-27;1-4(2,7)3(5)6;1-2;;/h3-4,15-16,18-19,21,42H,5-14H2,1-2H3,(H,34,36)(H,37,41);1-2,13-14,16-17,19H,3-12,30H2,(H,31,33);7H,1-2H3,(H,5,6);1H3;1H4;1H/i;;;1D;;. The lowest BCUT2D eigenvalue weighted by Crippen LogP contribution is -2.60. The maximum absolute atomic E-state index is 12.6. The van der Waals surface area contributed by atoms with Crippen LogP contribution in [0.3, 0.4) is 0 Å². The molecule has 494 valence electrons. The highest BCUT2D eigenvalue weighted by Gasteiger charge is 2.53. The van der Waals surface area contributed by atoms with Crippen molar-refractivity contribution in [3.8, 4) is 56.1 Å². The lowest BCUT2D eigenvalue weighted by Gasteiger charge is -2.53. The third-order valence-electron chi connectivity index (χ3n) is 19.0. The summed E-state index contributed by atoms with van der Waals surface area (Å²) in [5.74, 6) is -1.51. The van der Waals surface area contributed by atoms with Gasteiger partial charge < -0.3 is 46.5 Å². The summed E-state index contributed by atoms with van der Waals surface area (Å²) in [5, 5.41) is 87.7. The minimum atomic E-state index is -1.58. The van der Waals surface area contributed by atoms with Crippen LogP contribution in [0.15, 0.2) is 73.3 Å². The molecule has 8 aromatic rings. The van der Waals surface area contributed by atoms with Crippen molar-refractivity contribution in [1.82, 2.24) is 54.9 Å². The Labute approximate surface area is 555 Å². The predicted molar refractivity (Wildman–Crippen MR) is 357 cm³/mol. The molecule has 8 fully saturated rings. The van der Waals surface area contributed by atoms with Crippen molar-refractivity contribution < 1.29 is 40.1 Å². The van der Waals surface area contributed by atoms with E-state index in [0.29, 0.717) is 17.2 Å². The van der Waals surface area contributed by atoms with Gasteiger partial charge in [-0.15, -0.1) is 32.8 Å². The molecule has 4 bridgehead atoms. The third kappa shape index (κ3) is 15.0. The fraction of sp³-hybridized carbons (Fsp3) is 0.515. The van der Waals surface area contributed by atoms with Crippen molar-refractivity contribution in [1.29, 1.82) is 10.5 Å². The minimum absolute atomic E-state index is 0. The van der Waals surface area contributed by atoms with Crippen molar-refractivity contribution in [2.24, 2.45) is 5.73 Å². The van der Waals surface area contributed by atoms with Crippen molar-refractivity contribution in [2.75, 3.05) is 44.2 Å². The van der Waals surface area contributed by atoms with E-state index in [1.54, 1.807) is 39.6 Å². The maximum atomic E-state index is 12.6. The molecule has 2 aliphatic heterocycles. The van der Waals surface area contributed by atoms with Crippen LogP contribution in [-0.4, -0.2) is 145 Å². The van der Waals surface area contributed by atoms with Crippen LogP contribution in [-0.2, 0) is 29.9 Å². The first-order valence-electron chi connectivity index (χ1n) is 31.6. The molecule has 10 heterocycles. The van der Waals surface area contributed by atoms with Gasteiger partial charge in [-0.25, -0.2) is 13.8 Å². The van der Waals surface area contributed by atoms with Gasteiger partial charge in [0.15, 0.2) is 15.6 Å². The van der Waals surface area contributed by atoms with Gasteiger partial charge in [0.2, 0.25) is 0 Å². The predicted octanol–water partition coefficient (Wildman–Crippen LogP) is 10.8. The smallest absolute Gasteiger partial charge is 0.335 e. The average Bonchev–Trinajstić information content (AvgIpc) is 1.27. The molecule has 93 heavy (non-hydrogen) atoms. The summed E-state index contributed by atoms with van der Waals surface area (Å²) in [7, 11) is -1.00. The minimum Gasteiger partial charge on any atom is -0.479 e. The zero-order chi connectivity index (χ0) is 65.1. The Morgan fingerprint density at radius 2 is 1.04 bits per heavy atom. The van der Waals surface area contributed by atoms with Gasteiger partial charge in [-0.05, 0) is 179 Å². The van der Waals surface area contributed by atoms with Crippen LogP contribution in [0.2, 0.25) is 0 Å².